The van der Waals surface area contributed by atoms with Crippen LogP contribution in [0.1, 0.15) is 59.8 Å². The van der Waals surface area contributed by atoms with Gasteiger partial charge in [0, 0.05) is 6.04 Å². The van der Waals surface area contributed by atoms with Crippen molar-refractivity contribution in [2.75, 3.05) is 24.7 Å². The number of nitrogens with one attached hydrogen (secondary N) is 1. The Morgan fingerprint density at radius 2 is 1.81 bits per heavy atom. The van der Waals surface area contributed by atoms with Crippen LogP contribution >= 0.6 is 0 Å². The van der Waals surface area contributed by atoms with Gasteiger partial charge in [0.15, 0.2) is 9.84 Å². The summed E-state index contributed by atoms with van der Waals surface area (Å²) in [5.41, 5.74) is -0.556. The highest BCUT2D eigenvalue weighted by atomic mass is 32.2. The highest BCUT2D eigenvalue weighted by Crippen LogP contribution is 2.43. The highest BCUT2D eigenvalue weighted by Gasteiger charge is 2.53. The zero-order valence-corrected chi connectivity index (χ0v) is 17.8. The van der Waals surface area contributed by atoms with Crippen molar-refractivity contribution in [1.29, 1.82) is 0 Å². The van der Waals surface area contributed by atoms with Gasteiger partial charge in [0.25, 0.3) is 5.91 Å². The Balaban J connectivity index is 1.68. The molecule has 0 aromatic rings. The van der Waals surface area contributed by atoms with Crippen LogP contribution in [-0.2, 0) is 14.6 Å². The summed E-state index contributed by atoms with van der Waals surface area (Å²) in [7, 11) is -3.00. The Hall–Kier alpha value is -1.15. The summed E-state index contributed by atoms with van der Waals surface area (Å²) < 4.78 is 23.6. The van der Waals surface area contributed by atoms with Gasteiger partial charge in [-0.25, -0.2) is 18.1 Å². The molecule has 1 aliphatic carbocycles. The largest absolute Gasteiger partial charge is 0.326 e. The van der Waals surface area contributed by atoms with Gasteiger partial charge in [0.05, 0.1) is 18.2 Å². The first-order chi connectivity index (χ1) is 12.5. The Bertz CT molecular complexity index is 705. The molecule has 2 saturated heterocycles. The maximum absolute atomic E-state index is 13.1. The lowest BCUT2D eigenvalue weighted by Crippen LogP contribution is -2.51. The van der Waals surface area contributed by atoms with E-state index in [0.717, 1.165) is 12.8 Å². The minimum absolute atomic E-state index is 0.114. The molecule has 1 atom stereocenters. The van der Waals surface area contributed by atoms with E-state index >= 15 is 0 Å². The number of amides is 3. The summed E-state index contributed by atoms with van der Waals surface area (Å²) in [5.74, 6) is 0.715. The molecule has 3 amide bonds. The summed E-state index contributed by atoms with van der Waals surface area (Å²) in [6, 6.07) is -0.456. The molecule has 0 bridgehead atoms. The summed E-state index contributed by atoms with van der Waals surface area (Å²) in [5, 5.41) is 2.97. The molecule has 1 spiro atoms. The quantitative estimate of drug-likeness (QED) is 0.731. The Morgan fingerprint density at radius 1 is 1.19 bits per heavy atom. The van der Waals surface area contributed by atoms with E-state index in [9.17, 15) is 18.0 Å². The standard InChI is InChI=1S/C19H33N3O4S/c1-5-21(15-8-11-27(25,26)12-15)13-22-16(23)19(20-17(22)24)9-6-14(7-10-19)18(2,3)4/h14-15H,5-13H2,1-4H3,(H,20,24)/t14?,15-,19?/m1/s1. The van der Waals surface area contributed by atoms with Crippen LogP contribution in [0, 0.1) is 11.3 Å². The zero-order valence-electron chi connectivity index (χ0n) is 17.0. The lowest BCUT2D eigenvalue weighted by molar-refractivity contribution is -0.134. The third-order valence-corrected chi connectivity index (χ3v) is 8.51. The predicted octanol–water partition coefficient (Wildman–Crippen LogP) is 1.98. The van der Waals surface area contributed by atoms with Gasteiger partial charge in [0.2, 0.25) is 0 Å². The average molecular weight is 400 g/mol. The van der Waals surface area contributed by atoms with Crippen molar-refractivity contribution in [3.05, 3.63) is 0 Å². The van der Waals surface area contributed by atoms with Crippen molar-refractivity contribution in [3.8, 4) is 0 Å². The fraction of sp³-hybridized carbons (Fsp3) is 0.895. The molecule has 3 aliphatic rings. The molecule has 7 nitrogen and oxygen atoms in total. The fourth-order valence-corrected chi connectivity index (χ4v) is 6.60. The number of carbonyl (C=O) groups excluding carboxylic acids is 2. The topological polar surface area (TPSA) is 86.8 Å². The van der Waals surface area contributed by atoms with Gasteiger partial charge in [-0.05, 0) is 50.0 Å². The van der Waals surface area contributed by atoms with Crippen LogP contribution in [0.5, 0.6) is 0 Å². The average Bonchev–Trinajstić information content (AvgIpc) is 3.03. The van der Waals surface area contributed by atoms with Crippen molar-refractivity contribution in [2.24, 2.45) is 11.3 Å². The molecule has 0 aromatic heterocycles. The van der Waals surface area contributed by atoms with Crippen LogP contribution in [0.4, 0.5) is 4.79 Å². The number of hydrogen-bond donors (Lipinski definition) is 1. The number of rotatable bonds is 4. The molecule has 1 saturated carbocycles. The number of carbonyl (C=O) groups is 2. The molecule has 2 aliphatic heterocycles. The van der Waals surface area contributed by atoms with Crippen LogP contribution in [0.15, 0.2) is 0 Å². The van der Waals surface area contributed by atoms with Gasteiger partial charge < -0.3 is 5.32 Å². The molecule has 3 fully saturated rings. The van der Waals surface area contributed by atoms with Gasteiger partial charge in [-0.1, -0.05) is 27.7 Å². The van der Waals surface area contributed by atoms with Crippen molar-refractivity contribution in [3.63, 3.8) is 0 Å². The molecular formula is C19H33N3O4S. The van der Waals surface area contributed by atoms with E-state index in [0.29, 0.717) is 31.7 Å². The summed E-state index contributed by atoms with van der Waals surface area (Å²) in [4.78, 5) is 29.0. The minimum Gasteiger partial charge on any atom is -0.323 e. The minimum atomic E-state index is -3.00. The predicted molar refractivity (Wildman–Crippen MR) is 104 cm³/mol. The van der Waals surface area contributed by atoms with Gasteiger partial charge in [-0.15, -0.1) is 0 Å². The third kappa shape index (κ3) is 4.01. The van der Waals surface area contributed by atoms with Gasteiger partial charge >= 0.3 is 6.03 Å². The summed E-state index contributed by atoms with van der Waals surface area (Å²) in [6.07, 6.45) is 3.79. The zero-order chi connectivity index (χ0) is 20.0. The number of imide groups is 1. The van der Waals surface area contributed by atoms with Crippen LogP contribution in [0.25, 0.3) is 0 Å². The summed E-state index contributed by atoms with van der Waals surface area (Å²) >= 11 is 0. The van der Waals surface area contributed by atoms with Crippen molar-refractivity contribution < 1.29 is 18.0 Å². The number of nitrogens with zero attached hydrogens (tertiary/aromatic N) is 2. The lowest BCUT2D eigenvalue weighted by Gasteiger charge is -2.40. The first-order valence-corrected chi connectivity index (χ1v) is 11.9. The van der Waals surface area contributed by atoms with Crippen molar-refractivity contribution in [2.45, 2.75) is 71.4 Å². The smallest absolute Gasteiger partial charge is 0.323 e. The Labute approximate surface area is 162 Å². The highest BCUT2D eigenvalue weighted by molar-refractivity contribution is 7.91. The molecule has 3 rings (SSSR count). The second-order valence-corrected chi connectivity index (χ2v) is 11.7. The molecule has 0 radical (unpaired) electrons. The maximum atomic E-state index is 13.1. The lowest BCUT2D eigenvalue weighted by atomic mass is 9.67. The van der Waals surface area contributed by atoms with Gasteiger partial charge in [-0.3, -0.25) is 9.69 Å². The molecule has 8 heteroatoms. The third-order valence-electron chi connectivity index (χ3n) is 6.76. The molecule has 0 aromatic carbocycles. The van der Waals surface area contributed by atoms with Crippen molar-refractivity contribution in [1.82, 2.24) is 15.1 Å². The van der Waals surface area contributed by atoms with E-state index in [1.807, 2.05) is 11.8 Å². The van der Waals surface area contributed by atoms with Crippen LogP contribution in [0.3, 0.4) is 0 Å². The monoisotopic (exact) mass is 399 g/mol. The molecule has 0 unspecified atom stereocenters. The first-order valence-electron chi connectivity index (χ1n) is 10.1. The SMILES string of the molecule is CCN(CN1C(=O)NC2(CCC(C(C)(C)C)CC2)C1=O)[C@@H]1CCS(=O)(=O)C1. The fourth-order valence-electron chi connectivity index (χ4n) is 4.84. The molecule has 1 N–H and O–H groups in total. The molecule has 2 heterocycles. The van der Waals surface area contributed by atoms with Gasteiger partial charge in [0.1, 0.15) is 5.54 Å². The van der Waals surface area contributed by atoms with Crippen LogP contribution in [-0.4, -0.2) is 66.5 Å². The molecule has 27 heavy (non-hydrogen) atoms. The Morgan fingerprint density at radius 3 is 2.30 bits per heavy atom. The number of hydrogen-bond acceptors (Lipinski definition) is 5. The van der Waals surface area contributed by atoms with E-state index in [1.165, 1.54) is 4.90 Å². The molecule has 154 valence electrons. The maximum Gasteiger partial charge on any atom is 0.326 e. The number of sulfone groups is 1. The molecular weight excluding hydrogens is 366 g/mol. The Kier molecular flexibility index (Phi) is 5.36. The van der Waals surface area contributed by atoms with Crippen LogP contribution < -0.4 is 5.32 Å². The van der Waals surface area contributed by atoms with Gasteiger partial charge in [-0.2, -0.15) is 0 Å². The first kappa shape index (κ1) is 20.6. The van der Waals surface area contributed by atoms with E-state index in [-0.39, 0.29) is 41.6 Å². The van der Waals surface area contributed by atoms with Crippen LogP contribution in [0.2, 0.25) is 0 Å². The van der Waals surface area contributed by atoms with E-state index < -0.39 is 15.4 Å². The van der Waals surface area contributed by atoms with E-state index in [2.05, 4.69) is 26.1 Å². The second kappa shape index (κ2) is 7.03. The second-order valence-electron chi connectivity index (χ2n) is 9.49. The number of urea groups is 1. The van der Waals surface area contributed by atoms with E-state index in [1.54, 1.807) is 0 Å². The van der Waals surface area contributed by atoms with E-state index in [4.69, 9.17) is 0 Å². The normalized spacial score (nSPS) is 33.9. The summed E-state index contributed by atoms with van der Waals surface area (Å²) in [6.45, 7) is 9.40. The van der Waals surface area contributed by atoms with Crippen molar-refractivity contribution >= 4 is 21.8 Å².